The monoisotopic (exact) mass is 750 g/mol. The second kappa shape index (κ2) is 34.3. The van der Waals surface area contributed by atoms with Gasteiger partial charge >= 0.3 is 5.97 Å². The zero-order valence-electron chi connectivity index (χ0n) is 29.8. The van der Waals surface area contributed by atoms with E-state index < -0.39 is 42.6 Å². The standard InChI is InChI=1S/C32H64N2O17/c1-2-32(44)51-23-30(43)22-50-31(25-49-21-29(42)19-47-17-27(40)15-34(6-10-37)7-11-38)24-48-20-28(41)18-46-13-3-12-45-16-26(39)14-33(4-8-35)5-9-36/h2,26-31,35-43H,1,3-25H2/p+2. The first kappa shape index (κ1) is 49.5. The maximum absolute atomic E-state index is 11.2. The number of hydrogen-bond donors (Lipinski definition) is 11. The zero-order chi connectivity index (χ0) is 38.1. The van der Waals surface area contributed by atoms with Crippen molar-refractivity contribution in [2.45, 2.75) is 43.0 Å². The van der Waals surface area contributed by atoms with Gasteiger partial charge in [-0.1, -0.05) is 6.58 Å². The lowest BCUT2D eigenvalue weighted by atomic mass is 10.3. The number of carbonyl (C=O) groups is 1. The van der Waals surface area contributed by atoms with Gasteiger partial charge in [0.2, 0.25) is 0 Å². The van der Waals surface area contributed by atoms with Crippen LogP contribution in [0.1, 0.15) is 6.42 Å². The highest BCUT2D eigenvalue weighted by Crippen LogP contribution is 2.02. The number of ether oxygens (including phenoxy) is 7. The summed E-state index contributed by atoms with van der Waals surface area (Å²) >= 11 is 0. The number of esters is 1. The predicted octanol–water partition coefficient (Wildman–Crippen LogP) is -7.88. The molecule has 19 heteroatoms. The molecule has 0 aliphatic rings. The summed E-state index contributed by atoms with van der Waals surface area (Å²) in [6, 6.07) is 0. The Morgan fingerprint density at radius 3 is 1.33 bits per heavy atom. The summed E-state index contributed by atoms with van der Waals surface area (Å²) in [5.74, 6) is -0.699. The van der Waals surface area contributed by atoms with Crippen molar-refractivity contribution < 1.29 is 93.7 Å². The van der Waals surface area contributed by atoms with E-state index in [0.29, 0.717) is 52.4 Å². The molecule has 0 amide bonds. The highest BCUT2D eigenvalue weighted by molar-refractivity contribution is 5.81. The van der Waals surface area contributed by atoms with Crippen LogP contribution in [0.25, 0.3) is 0 Å². The highest BCUT2D eigenvalue weighted by atomic mass is 16.6. The van der Waals surface area contributed by atoms with Crippen LogP contribution in [0.3, 0.4) is 0 Å². The molecule has 51 heavy (non-hydrogen) atoms. The fraction of sp³-hybridized carbons (Fsp3) is 0.906. The molecule has 304 valence electrons. The Balaban J connectivity index is 4.46. The van der Waals surface area contributed by atoms with E-state index in [9.17, 15) is 30.3 Å². The first-order valence-corrected chi connectivity index (χ1v) is 17.4. The van der Waals surface area contributed by atoms with Gasteiger partial charge in [-0.05, 0) is 6.42 Å². The first-order chi connectivity index (χ1) is 24.6. The molecule has 0 spiro atoms. The highest BCUT2D eigenvalue weighted by Gasteiger charge is 2.19. The van der Waals surface area contributed by atoms with Gasteiger partial charge in [-0.3, -0.25) is 0 Å². The van der Waals surface area contributed by atoms with Crippen LogP contribution < -0.4 is 9.80 Å². The van der Waals surface area contributed by atoms with Crippen LogP contribution in [0.2, 0.25) is 0 Å². The van der Waals surface area contributed by atoms with Crippen LogP contribution in [0, 0.1) is 0 Å². The van der Waals surface area contributed by atoms with Crippen LogP contribution in [0.15, 0.2) is 12.7 Å². The van der Waals surface area contributed by atoms with E-state index in [2.05, 4.69) is 6.58 Å². The van der Waals surface area contributed by atoms with E-state index in [1.807, 2.05) is 0 Å². The Kier molecular flexibility index (Phi) is 33.3. The first-order valence-electron chi connectivity index (χ1n) is 17.4. The van der Waals surface area contributed by atoms with Crippen molar-refractivity contribution in [2.24, 2.45) is 0 Å². The average Bonchev–Trinajstić information content (AvgIpc) is 3.09. The van der Waals surface area contributed by atoms with Gasteiger partial charge in [-0.2, -0.15) is 0 Å². The number of aliphatic hydroxyl groups excluding tert-OH is 9. The lowest BCUT2D eigenvalue weighted by Crippen LogP contribution is -3.14. The molecule has 19 nitrogen and oxygen atoms in total. The largest absolute Gasteiger partial charge is 0.460 e. The van der Waals surface area contributed by atoms with Crippen molar-refractivity contribution in [3.8, 4) is 0 Å². The summed E-state index contributed by atoms with van der Waals surface area (Å²) in [6.45, 7) is 4.84. The predicted molar refractivity (Wildman–Crippen MR) is 179 cm³/mol. The van der Waals surface area contributed by atoms with Crippen molar-refractivity contribution in [2.75, 3.05) is 145 Å². The van der Waals surface area contributed by atoms with E-state index in [1.54, 1.807) is 0 Å². The Morgan fingerprint density at radius 2 is 0.902 bits per heavy atom. The molecule has 0 rings (SSSR count). The van der Waals surface area contributed by atoms with Gasteiger partial charge in [0.15, 0.2) is 0 Å². The quantitative estimate of drug-likeness (QED) is 0.0159. The second-order valence-corrected chi connectivity index (χ2v) is 12.0. The molecule has 6 atom stereocenters. The van der Waals surface area contributed by atoms with Gasteiger partial charge in [0.1, 0.15) is 82.5 Å². The zero-order valence-corrected chi connectivity index (χ0v) is 29.8. The molecule has 0 heterocycles. The number of aliphatic hydroxyl groups is 9. The minimum absolute atomic E-state index is 0.0121. The molecule has 0 aromatic rings. The maximum Gasteiger partial charge on any atom is 0.330 e. The molecule has 0 bridgehead atoms. The molecular formula is C32H66N2O17+2. The minimum Gasteiger partial charge on any atom is -0.460 e. The Morgan fingerprint density at radius 1 is 0.529 bits per heavy atom. The molecule has 0 saturated carbocycles. The molecule has 0 aromatic heterocycles. The summed E-state index contributed by atoms with van der Waals surface area (Å²) in [7, 11) is 0. The summed E-state index contributed by atoms with van der Waals surface area (Å²) in [4.78, 5) is 12.9. The van der Waals surface area contributed by atoms with Gasteiger partial charge in [0.05, 0.1) is 85.9 Å². The third-order valence-electron chi connectivity index (χ3n) is 7.07. The topological polar surface area (TPSA) is 273 Å². The van der Waals surface area contributed by atoms with E-state index in [1.165, 1.54) is 0 Å². The van der Waals surface area contributed by atoms with Crippen LogP contribution >= 0.6 is 0 Å². The van der Waals surface area contributed by atoms with Gasteiger partial charge in [0.25, 0.3) is 0 Å². The summed E-state index contributed by atoms with van der Waals surface area (Å²) in [5, 5.41) is 87.1. The third-order valence-corrected chi connectivity index (χ3v) is 7.07. The molecule has 6 unspecified atom stereocenters. The van der Waals surface area contributed by atoms with Crippen molar-refractivity contribution >= 4 is 5.97 Å². The molecule has 0 aliphatic heterocycles. The van der Waals surface area contributed by atoms with Crippen LogP contribution in [0.5, 0.6) is 0 Å². The van der Waals surface area contributed by atoms with Gasteiger partial charge in [0, 0.05) is 19.3 Å². The SMILES string of the molecule is C=CC(=O)OCC(O)COC(COCC(O)COCCCOCC(O)C[NH+](CCO)CCO)COCC(O)COCC(O)C[NH+](CCO)CCO. The van der Waals surface area contributed by atoms with Crippen molar-refractivity contribution in [3.63, 3.8) is 0 Å². The van der Waals surface area contributed by atoms with E-state index >= 15 is 0 Å². The second-order valence-electron chi connectivity index (χ2n) is 12.0. The lowest BCUT2D eigenvalue weighted by molar-refractivity contribution is -0.904. The summed E-state index contributed by atoms with van der Waals surface area (Å²) in [6.07, 6.45) is -3.99. The van der Waals surface area contributed by atoms with Gasteiger partial charge in [-0.25, -0.2) is 4.79 Å². The number of quaternary nitrogens is 2. The lowest BCUT2D eigenvalue weighted by Gasteiger charge is -2.22. The maximum atomic E-state index is 11.2. The molecule has 0 aromatic carbocycles. The molecule has 0 aliphatic carbocycles. The smallest absolute Gasteiger partial charge is 0.330 e. The van der Waals surface area contributed by atoms with Crippen LogP contribution in [-0.4, -0.2) is 234 Å². The number of rotatable bonds is 38. The fourth-order valence-electron chi connectivity index (χ4n) is 4.56. The third kappa shape index (κ3) is 30.7. The van der Waals surface area contributed by atoms with E-state index in [-0.39, 0.29) is 99.0 Å². The van der Waals surface area contributed by atoms with Gasteiger partial charge < -0.3 is 88.9 Å². The minimum atomic E-state index is -1.14. The van der Waals surface area contributed by atoms with Crippen LogP contribution in [0.4, 0.5) is 0 Å². The van der Waals surface area contributed by atoms with Gasteiger partial charge in [-0.15, -0.1) is 0 Å². The Hall–Kier alpha value is -1.47. The Labute approximate surface area is 300 Å². The van der Waals surface area contributed by atoms with Crippen molar-refractivity contribution in [3.05, 3.63) is 12.7 Å². The fourth-order valence-corrected chi connectivity index (χ4v) is 4.56. The summed E-state index contributed by atoms with van der Waals surface area (Å²) in [5.41, 5.74) is 0. The number of nitrogens with one attached hydrogen (secondary N) is 2. The summed E-state index contributed by atoms with van der Waals surface area (Å²) < 4.78 is 37.8. The van der Waals surface area contributed by atoms with E-state index in [0.717, 1.165) is 15.9 Å². The van der Waals surface area contributed by atoms with Crippen LogP contribution in [-0.2, 0) is 38.0 Å². The van der Waals surface area contributed by atoms with E-state index in [4.69, 9.17) is 53.6 Å². The molecule has 0 saturated heterocycles. The molecular weight excluding hydrogens is 684 g/mol. The van der Waals surface area contributed by atoms with Crippen molar-refractivity contribution in [1.82, 2.24) is 0 Å². The number of carbonyl (C=O) groups excluding carboxylic acids is 1. The average molecular weight is 751 g/mol. The Bertz CT molecular complexity index is 793. The molecule has 0 fully saturated rings. The molecule has 11 N–H and O–H groups in total. The van der Waals surface area contributed by atoms with Crippen molar-refractivity contribution in [1.29, 1.82) is 0 Å². The molecule has 0 radical (unpaired) electrons. The normalized spacial score (nSPS) is 15.5. The number of hydrogen-bond acceptors (Lipinski definition) is 17.